The molecule has 0 saturated carbocycles. The van der Waals surface area contributed by atoms with Crippen molar-refractivity contribution in [2.75, 3.05) is 0 Å². The molecule has 0 bridgehead atoms. The van der Waals surface area contributed by atoms with Gasteiger partial charge in [-0.05, 0) is 49.2 Å². The van der Waals surface area contributed by atoms with E-state index in [0.29, 0.717) is 21.8 Å². The Bertz CT molecular complexity index is 1540. The predicted octanol–water partition coefficient (Wildman–Crippen LogP) is 3.69. The van der Waals surface area contributed by atoms with Crippen molar-refractivity contribution in [3.63, 3.8) is 0 Å². The summed E-state index contributed by atoms with van der Waals surface area (Å²) in [7, 11) is 0. The highest BCUT2D eigenvalue weighted by Gasteiger charge is 2.39. The van der Waals surface area contributed by atoms with E-state index in [1.54, 1.807) is 24.3 Å². The van der Waals surface area contributed by atoms with Crippen LogP contribution >= 0.6 is 11.6 Å². The van der Waals surface area contributed by atoms with E-state index in [9.17, 15) is 27.9 Å². The number of amides is 1. The van der Waals surface area contributed by atoms with Crippen LogP contribution in [0.4, 0.5) is 13.2 Å². The number of nitrogens with one attached hydrogen (secondary N) is 1. The molecule has 2 N–H and O–H groups in total. The number of para-hydroxylation sites is 1. The molecule has 1 amide bonds. The Morgan fingerprint density at radius 3 is 2.40 bits per heavy atom. The smallest absolute Gasteiger partial charge is 0.382 e. The SMILES string of the molecule is CC(C)C(C)NC(=O)c1ccccc1-n1cnc(Cn2nc(-c3ccc(Cl)cc3)n(CC(O)C(F)(F)F)c2=O)n1. The maximum atomic E-state index is 13.1. The molecule has 2 unspecified atom stereocenters. The first kappa shape index (κ1) is 29.0. The third-order valence-corrected chi connectivity index (χ3v) is 6.60. The van der Waals surface area contributed by atoms with E-state index in [0.717, 1.165) is 9.25 Å². The predicted molar refractivity (Wildman–Crippen MR) is 141 cm³/mol. The van der Waals surface area contributed by atoms with Crippen molar-refractivity contribution in [2.24, 2.45) is 5.92 Å². The summed E-state index contributed by atoms with van der Waals surface area (Å²) in [5, 5.41) is 21.6. The van der Waals surface area contributed by atoms with Gasteiger partial charge in [-0.25, -0.2) is 19.1 Å². The Hall–Kier alpha value is -3.97. The second-order valence-corrected chi connectivity index (χ2v) is 10.0. The van der Waals surface area contributed by atoms with Gasteiger partial charge in [0.15, 0.2) is 17.8 Å². The number of aromatic nitrogens is 6. The molecule has 4 rings (SSSR count). The van der Waals surface area contributed by atoms with Crippen molar-refractivity contribution in [3.05, 3.63) is 81.8 Å². The topological polar surface area (TPSA) is 120 Å². The average molecular weight is 578 g/mol. The lowest BCUT2D eigenvalue weighted by atomic mass is 10.1. The Morgan fingerprint density at radius 2 is 1.75 bits per heavy atom. The fraction of sp³-hybridized carbons (Fsp3) is 0.346. The number of carbonyl (C=O) groups is 1. The van der Waals surface area contributed by atoms with Crippen molar-refractivity contribution in [1.29, 1.82) is 0 Å². The normalized spacial score (nSPS) is 13.4. The number of rotatable bonds is 9. The van der Waals surface area contributed by atoms with Crippen LogP contribution in [0.1, 0.15) is 37.0 Å². The zero-order valence-corrected chi connectivity index (χ0v) is 22.6. The maximum Gasteiger partial charge on any atom is 0.416 e. The second-order valence-electron chi connectivity index (χ2n) is 9.57. The van der Waals surface area contributed by atoms with Crippen LogP contribution in [0.2, 0.25) is 5.02 Å². The van der Waals surface area contributed by atoms with E-state index in [4.69, 9.17) is 11.6 Å². The van der Waals surface area contributed by atoms with Gasteiger partial charge >= 0.3 is 11.9 Å². The van der Waals surface area contributed by atoms with Crippen LogP contribution in [-0.4, -0.2) is 58.4 Å². The standard InChI is InChI=1S/C26H27ClF3N7O3/c1-15(2)16(3)32-24(39)19-6-4-5-7-20(19)37-14-31-22(33-37)13-36-25(40)35(12-21(38)26(28,29)30)23(34-36)17-8-10-18(27)11-9-17/h4-11,14-16,21,38H,12-13H2,1-3H3,(H,32,39). The molecule has 0 aliphatic heterocycles. The van der Waals surface area contributed by atoms with Crippen molar-refractivity contribution in [3.8, 4) is 17.1 Å². The van der Waals surface area contributed by atoms with Crippen molar-refractivity contribution in [2.45, 2.75) is 52.2 Å². The molecular weight excluding hydrogens is 551 g/mol. The fourth-order valence-electron chi connectivity index (χ4n) is 3.73. The highest BCUT2D eigenvalue weighted by Crippen LogP contribution is 2.24. The molecule has 2 aromatic carbocycles. The molecule has 0 fully saturated rings. The minimum absolute atomic E-state index is 0.0699. The maximum absolute atomic E-state index is 13.1. The summed E-state index contributed by atoms with van der Waals surface area (Å²) in [4.78, 5) is 30.2. The molecule has 212 valence electrons. The first-order valence-electron chi connectivity index (χ1n) is 12.3. The van der Waals surface area contributed by atoms with Gasteiger partial charge < -0.3 is 10.4 Å². The van der Waals surface area contributed by atoms with Crippen molar-refractivity contribution < 1.29 is 23.1 Å². The largest absolute Gasteiger partial charge is 0.416 e. The first-order valence-corrected chi connectivity index (χ1v) is 12.7. The molecule has 2 aromatic heterocycles. The summed E-state index contributed by atoms with van der Waals surface area (Å²) in [5.74, 6) is -0.0379. The van der Waals surface area contributed by atoms with E-state index in [2.05, 4.69) is 20.5 Å². The van der Waals surface area contributed by atoms with Crippen LogP contribution in [0.15, 0.2) is 59.7 Å². The second kappa shape index (κ2) is 11.6. The van der Waals surface area contributed by atoms with Gasteiger partial charge in [-0.1, -0.05) is 37.6 Å². The van der Waals surface area contributed by atoms with E-state index >= 15 is 0 Å². The van der Waals surface area contributed by atoms with Gasteiger partial charge in [0.2, 0.25) is 0 Å². The molecule has 40 heavy (non-hydrogen) atoms. The molecule has 2 atom stereocenters. The first-order chi connectivity index (χ1) is 18.8. The summed E-state index contributed by atoms with van der Waals surface area (Å²) in [6, 6.07) is 12.7. The Balaban J connectivity index is 1.66. The number of benzene rings is 2. The number of aliphatic hydroxyl groups excluding tert-OH is 1. The van der Waals surface area contributed by atoms with E-state index in [-0.39, 0.29) is 36.1 Å². The average Bonchev–Trinajstić information content (AvgIpc) is 3.49. The molecule has 4 aromatic rings. The molecule has 0 aliphatic rings. The Kier molecular flexibility index (Phi) is 8.45. The number of nitrogens with zero attached hydrogens (tertiary/aromatic N) is 6. The van der Waals surface area contributed by atoms with Gasteiger partial charge in [-0.2, -0.15) is 13.2 Å². The molecule has 0 saturated heterocycles. The van der Waals surface area contributed by atoms with Gasteiger partial charge in [-0.15, -0.1) is 10.2 Å². The van der Waals surface area contributed by atoms with Crippen LogP contribution in [0.3, 0.4) is 0 Å². The zero-order valence-electron chi connectivity index (χ0n) is 21.8. The van der Waals surface area contributed by atoms with E-state index < -0.39 is 24.5 Å². The Morgan fingerprint density at radius 1 is 1.07 bits per heavy atom. The number of hydrogen-bond acceptors (Lipinski definition) is 6. The summed E-state index contributed by atoms with van der Waals surface area (Å²) < 4.78 is 42.4. The lowest BCUT2D eigenvalue weighted by Gasteiger charge is -2.18. The Labute approximate surface area is 232 Å². The number of hydrogen-bond donors (Lipinski definition) is 2. The van der Waals surface area contributed by atoms with Crippen LogP contribution in [0.25, 0.3) is 17.1 Å². The number of aliphatic hydroxyl groups is 1. The summed E-state index contributed by atoms with van der Waals surface area (Å²) >= 11 is 5.92. The van der Waals surface area contributed by atoms with Gasteiger partial charge in [0, 0.05) is 16.6 Å². The number of carbonyl (C=O) groups excluding carboxylic acids is 1. The fourth-order valence-corrected chi connectivity index (χ4v) is 3.86. The van der Waals surface area contributed by atoms with E-state index in [1.807, 2.05) is 20.8 Å². The molecule has 10 nitrogen and oxygen atoms in total. The van der Waals surface area contributed by atoms with E-state index in [1.165, 1.54) is 35.3 Å². The lowest BCUT2D eigenvalue weighted by Crippen LogP contribution is -2.37. The van der Waals surface area contributed by atoms with Crippen molar-refractivity contribution >= 4 is 17.5 Å². The third-order valence-electron chi connectivity index (χ3n) is 6.34. The molecule has 0 radical (unpaired) electrons. The van der Waals surface area contributed by atoms with Gasteiger partial charge in [0.1, 0.15) is 12.9 Å². The highest BCUT2D eigenvalue weighted by atomic mass is 35.5. The molecular formula is C26H27ClF3N7O3. The van der Waals surface area contributed by atoms with Crippen LogP contribution < -0.4 is 11.0 Å². The summed E-state index contributed by atoms with van der Waals surface area (Å²) in [6.45, 7) is 4.55. The lowest BCUT2D eigenvalue weighted by molar-refractivity contribution is -0.207. The summed E-state index contributed by atoms with van der Waals surface area (Å²) in [5.41, 5.74) is 0.234. The monoisotopic (exact) mass is 577 g/mol. The number of alkyl halides is 3. The van der Waals surface area contributed by atoms with Crippen LogP contribution in [0.5, 0.6) is 0 Å². The van der Waals surface area contributed by atoms with Gasteiger partial charge in [0.25, 0.3) is 5.91 Å². The van der Waals surface area contributed by atoms with Crippen molar-refractivity contribution in [1.82, 2.24) is 34.4 Å². The van der Waals surface area contributed by atoms with Gasteiger partial charge in [-0.3, -0.25) is 9.36 Å². The third kappa shape index (κ3) is 6.42. The summed E-state index contributed by atoms with van der Waals surface area (Å²) in [6.07, 6.45) is -6.36. The molecule has 0 spiro atoms. The molecule has 2 heterocycles. The quantitative estimate of drug-likeness (QED) is 0.313. The zero-order chi connectivity index (χ0) is 29.2. The molecule has 0 aliphatic carbocycles. The van der Waals surface area contributed by atoms with Crippen LogP contribution in [0, 0.1) is 5.92 Å². The number of halogens is 4. The minimum Gasteiger partial charge on any atom is -0.382 e. The minimum atomic E-state index is -4.94. The highest BCUT2D eigenvalue weighted by molar-refractivity contribution is 6.30. The van der Waals surface area contributed by atoms with Gasteiger partial charge in [0.05, 0.1) is 17.8 Å². The molecule has 14 heteroatoms. The van der Waals surface area contributed by atoms with Crippen LogP contribution in [-0.2, 0) is 13.1 Å².